The first-order valence-electron chi connectivity index (χ1n) is 6.33. The number of hydrogen-bond donors (Lipinski definition) is 1. The topological polar surface area (TPSA) is 26.7 Å². The standard InChI is InChI=1S/C14H21BrN2O/c1-10-7-17(9-14(10)16(2)3)8-11-6-12(18)4-5-13(11)15/h4-6,10,14,18H,7-9H2,1-3H3. The molecule has 0 bridgehead atoms. The predicted octanol–water partition coefficient (Wildman–Crippen LogP) is 2.54. The highest BCUT2D eigenvalue weighted by molar-refractivity contribution is 9.10. The average Bonchev–Trinajstić information content (AvgIpc) is 2.65. The Morgan fingerprint density at radius 2 is 2.11 bits per heavy atom. The van der Waals surface area contributed by atoms with Crippen molar-refractivity contribution >= 4 is 15.9 Å². The quantitative estimate of drug-likeness (QED) is 0.929. The number of phenols is 1. The lowest BCUT2D eigenvalue weighted by atomic mass is 10.1. The van der Waals surface area contributed by atoms with Gasteiger partial charge in [-0.05, 0) is 43.8 Å². The molecule has 1 aliphatic rings. The lowest BCUT2D eigenvalue weighted by molar-refractivity contribution is 0.250. The normalized spacial score (nSPS) is 24.9. The molecule has 18 heavy (non-hydrogen) atoms. The summed E-state index contributed by atoms with van der Waals surface area (Å²) >= 11 is 3.55. The largest absolute Gasteiger partial charge is 0.508 e. The lowest BCUT2D eigenvalue weighted by Gasteiger charge is -2.22. The number of phenolic OH excluding ortho intramolecular Hbond substituents is 1. The molecule has 2 rings (SSSR count). The van der Waals surface area contributed by atoms with Gasteiger partial charge in [-0.3, -0.25) is 4.90 Å². The van der Waals surface area contributed by atoms with Crippen LogP contribution in [0.4, 0.5) is 0 Å². The Morgan fingerprint density at radius 3 is 2.72 bits per heavy atom. The molecule has 0 saturated carbocycles. The van der Waals surface area contributed by atoms with E-state index in [1.165, 1.54) is 0 Å². The minimum absolute atomic E-state index is 0.338. The van der Waals surface area contributed by atoms with Crippen molar-refractivity contribution in [3.8, 4) is 5.75 Å². The van der Waals surface area contributed by atoms with E-state index in [1.54, 1.807) is 6.07 Å². The summed E-state index contributed by atoms with van der Waals surface area (Å²) in [5.74, 6) is 1.03. The maximum Gasteiger partial charge on any atom is 0.115 e. The number of rotatable bonds is 3. The van der Waals surface area contributed by atoms with Gasteiger partial charge in [0.2, 0.25) is 0 Å². The van der Waals surface area contributed by atoms with Crippen molar-refractivity contribution in [2.75, 3.05) is 27.2 Å². The van der Waals surface area contributed by atoms with Gasteiger partial charge in [0.1, 0.15) is 5.75 Å². The summed E-state index contributed by atoms with van der Waals surface area (Å²) in [7, 11) is 4.30. The molecule has 0 aliphatic carbocycles. The minimum Gasteiger partial charge on any atom is -0.508 e. The van der Waals surface area contributed by atoms with Crippen LogP contribution in [0.25, 0.3) is 0 Å². The van der Waals surface area contributed by atoms with Gasteiger partial charge < -0.3 is 10.0 Å². The third kappa shape index (κ3) is 3.05. The molecule has 100 valence electrons. The fourth-order valence-corrected chi connectivity index (χ4v) is 3.14. The van der Waals surface area contributed by atoms with Crippen molar-refractivity contribution in [3.05, 3.63) is 28.2 Å². The molecule has 1 aromatic carbocycles. The molecule has 2 unspecified atom stereocenters. The van der Waals surface area contributed by atoms with Crippen molar-refractivity contribution in [1.29, 1.82) is 0 Å². The van der Waals surface area contributed by atoms with Crippen LogP contribution >= 0.6 is 15.9 Å². The first kappa shape index (κ1) is 13.8. The highest BCUT2D eigenvalue weighted by Crippen LogP contribution is 2.26. The van der Waals surface area contributed by atoms with Crippen molar-refractivity contribution < 1.29 is 5.11 Å². The molecule has 0 spiro atoms. The van der Waals surface area contributed by atoms with Crippen LogP contribution in [0.3, 0.4) is 0 Å². The molecule has 1 aliphatic heterocycles. The Morgan fingerprint density at radius 1 is 1.39 bits per heavy atom. The number of aromatic hydroxyl groups is 1. The number of likely N-dealkylation sites (N-methyl/N-ethyl adjacent to an activating group) is 1. The summed E-state index contributed by atoms with van der Waals surface area (Å²) in [5.41, 5.74) is 1.15. The van der Waals surface area contributed by atoms with Crippen molar-refractivity contribution in [2.45, 2.75) is 19.5 Å². The summed E-state index contributed by atoms with van der Waals surface area (Å²) in [6, 6.07) is 6.09. The summed E-state index contributed by atoms with van der Waals surface area (Å²) in [6.07, 6.45) is 0. The zero-order valence-electron chi connectivity index (χ0n) is 11.2. The molecule has 3 nitrogen and oxygen atoms in total. The summed E-state index contributed by atoms with van der Waals surface area (Å²) in [5, 5.41) is 9.56. The van der Waals surface area contributed by atoms with E-state index in [-0.39, 0.29) is 0 Å². The zero-order chi connectivity index (χ0) is 13.3. The summed E-state index contributed by atoms with van der Waals surface area (Å²) in [6.45, 7) is 5.41. The molecule has 1 aromatic rings. The SMILES string of the molecule is CC1CN(Cc2cc(O)ccc2Br)CC1N(C)C. The van der Waals surface area contributed by atoms with Gasteiger partial charge in [-0.1, -0.05) is 22.9 Å². The van der Waals surface area contributed by atoms with Crippen LogP contribution in [-0.2, 0) is 6.54 Å². The fraction of sp³-hybridized carbons (Fsp3) is 0.571. The second-order valence-corrected chi connectivity index (χ2v) is 6.33. The third-order valence-corrected chi connectivity index (χ3v) is 4.51. The van der Waals surface area contributed by atoms with Gasteiger partial charge in [-0.15, -0.1) is 0 Å². The fourth-order valence-electron chi connectivity index (χ4n) is 2.77. The van der Waals surface area contributed by atoms with E-state index in [2.05, 4.69) is 46.7 Å². The average molecular weight is 313 g/mol. The molecule has 1 saturated heterocycles. The summed E-state index contributed by atoms with van der Waals surface area (Å²) in [4.78, 5) is 4.76. The smallest absolute Gasteiger partial charge is 0.115 e. The van der Waals surface area contributed by atoms with Gasteiger partial charge in [0.25, 0.3) is 0 Å². The molecule has 2 atom stereocenters. The highest BCUT2D eigenvalue weighted by Gasteiger charge is 2.30. The Hall–Kier alpha value is -0.580. The Balaban J connectivity index is 2.05. The van der Waals surface area contributed by atoms with Crippen molar-refractivity contribution in [3.63, 3.8) is 0 Å². The molecule has 0 aromatic heterocycles. The number of hydrogen-bond acceptors (Lipinski definition) is 3. The van der Waals surface area contributed by atoms with Gasteiger partial charge >= 0.3 is 0 Å². The monoisotopic (exact) mass is 312 g/mol. The molecule has 0 radical (unpaired) electrons. The van der Waals surface area contributed by atoms with Crippen LogP contribution in [0.1, 0.15) is 12.5 Å². The van der Waals surface area contributed by atoms with Gasteiger partial charge in [-0.25, -0.2) is 0 Å². The molecular formula is C14H21BrN2O. The highest BCUT2D eigenvalue weighted by atomic mass is 79.9. The lowest BCUT2D eigenvalue weighted by Crippen LogP contribution is -2.34. The summed E-state index contributed by atoms with van der Waals surface area (Å²) < 4.78 is 1.07. The first-order chi connectivity index (χ1) is 8.47. The number of halogens is 1. The van der Waals surface area contributed by atoms with Crippen LogP contribution in [0.5, 0.6) is 5.75 Å². The van der Waals surface area contributed by atoms with Crippen molar-refractivity contribution in [2.24, 2.45) is 5.92 Å². The third-order valence-electron chi connectivity index (χ3n) is 3.73. The van der Waals surface area contributed by atoms with E-state index in [9.17, 15) is 5.11 Å². The second kappa shape index (κ2) is 5.59. The van der Waals surface area contributed by atoms with Gasteiger partial charge in [0, 0.05) is 30.1 Å². The molecule has 0 amide bonds. The molecule has 1 fully saturated rings. The predicted molar refractivity (Wildman–Crippen MR) is 77.7 cm³/mol. The van der Waals surface area contributed by atoms with Crippen LogP contribution < -0.4 is 0 Å². The Kier molecular flexibility index (Phi) is 4.30. The van der Waals surface area contributed by atoms with Crippen LogP contribution in [0.2, 0.25) is 0 Å². The minimum atomic E-state index is 0.338. The Bertz CT molecular complexity index is 422. The van der Waals surface area contributed by atoms with Gasteiger partial charge in [0.15, 0.2) is 0 Å². The van der Waals surface area contributed by atoms with Crippen molar-refractivity contribution in [1.82, 2.24) is 9.80 Å². The maximum atomic E-state index is 9.56. The first-order valence-corrected chi connectivity index (χ1v) is 7.13. The Labute approximate surface area is 118 Å². The maximum absolute atomic E-state index is 9.56. The van der Waals surface area contributed by atoms with E-state index < -0.39 is 0 Å². The van der Waals surface area contributed by atoms with Gasteiger partial charge in [-0.2, -0.15) is 0 Å². The molecule has 4 heteroatoms. The van der Waals surface area contributed by atoms with E-state index in [0.717, 1.165) is 29.7 Å². The van der Waals surface area contributed by atoms with Crippen LogP contribution in [-0.4, -0.2) is 48.1 Å². The number of nitrogens with zero attached hydrogens (tertiary/aromatic N) is 2. The van der Waals surface area contributed by atoms with E-state index in [1.807, 2.05) is 12.1 Å². The van der Waals surface area contributed by atoms with E-state index in [4.69, 9.17) is 0 Å². The molecular weight excluding hydrogens is 292 g/mol. The molecule has 1 heterocycles. The second-order valence-electron chi connectivity index (χ2n) is 5.48. The number of benzene rings is 1. The van der Waals surface area contributed by atoms with E-state index >= 15 is 0 Å². The molecule has 1 N–H and O–H groups in total. The van der Waals surface area contributed by atoms with Gasteiger partial charge in [0.05, 0.1) is 0 Å². The van der Waals surface area contributed by atoms with Crippen LogP contribution in [0, 0.1) is 5.92 Å². The van der Waals surface area contributed by atoms with E-state index in [0.29, 0.717) is 17.7 Å². The van der Waals surface area contributed by atoms with Crippen LogP contribution in [0.15, 0.2) is 22.7 Å². The number of likely N-dealkylation sites (tertiary alicyclic amines) is 1. The zero-order valence-corrected chi connectivity index (χ0v) is 12.8.